The first-order valence-electron chi connectivity index (χ1n) is 8.47. The van der Waals surface area contributed by atoms with Gasteiger partial charge in [-0.15, -0.1) is 0 Å². The summed E-state index contributed by atoms with van der Waals surface area (Å²) in [6.45, 7) is 2.34. The molecular formula is C19H26N2O3. The van der Waals surface area contributed by atoms with Crippen LogP contribution in [0, 0.1) is 0 Å². The Balaban J connectivity index is 2.11. The molecule has 2 rings (SSSR count). The molecule has 0 saturated carbocycles. The van der Waals surface area contributed by atoms with E-state index in [1.54, 1.807) is 32.3 Å². The highest BCUT2D eigenvalue weighted by Crippen LogP contribution is 2.28. The lowest BCUT2D eigenvalue weighted by Gasteiger charge is -2.16. The van der Waals surface area contributed by atoms with Gasteiger partial charge in [-0.05, 0) is 50.8 Å². The lowest BCUT2D eigenvalue weighted by molar-refractivity contribution is -0.115. The van der Waals surface area contributed by atoms with Crippen LogP contribution in [0.4, 0.5) is 5.69 Å². The summed E-state index contributed by atoms with van der Waals surface area (Å²) >= 11 is 0. The quantitative estimate of drug-likeness (QED) is 0.811. The van der Waals surface area contributed by atoms with Gasteiger partial charge in [-0.1, -0.05) is 11.6 Å². The molecule has 0 atom stereocenters. The first-order valence-corrected chi connectivity index (χ1v) is 8.47. The Bertz CT molecular complexity index is 635. The van der Waals surface area contributed by atoms with Crippen molar-refractivity contribution in [3.05, 3.63) is 35.4 Å². The molecule has 24 heavy (non-hydrogen) atoms. The lowest BCUT2D eigenvalue weighted by Crippen LogP contribution is -2.22. The highest BCUT2D eigenvalue weighted by Gasteiger charge is 2.15. The smallest absolute Gasteiger partial charge is 0.253 e. The van der Waals surface area contributed by atoms with Crippen LogP contribution in [0.2, 0.25) is 0 Å². The van der Waals surface area contributed by atoms with Crippen molar-refractivity contribution in [2.75, 3.05) is 26.0 Å². The summed E-state index contributed by atoms with van der Waals surface area (Å²) in [6, 6.07) is 5.12. The highest BCUT2D eigenvalue weighted by atomic mass is 16.5. The third kappa shape index (κ3) is 4.85. The molecule has 5 heteroatoms. The second-order valence-corrected chi connectivity index (χ2v) is 6.18. The van der Waals surface area contributed by atoms with Gasteiger partial charge in [-0.2, -0.15) is 0 Å². The Morgan fingerprint density at radius 3 is 2.67 bits per heavy atom. The molecule has 1 aromatic rings. The third-order valence-electron chi connectivity index (χ3n) is 3.98. The van der Waals surface area contributed by atoms with Crippen LogP contribution in [0.15, 0.2) is 29.8 Å². The van der Waals surface area contributed by atoms with Crippen molar-refractivity contribution in [1.82, 2.24) is 4.90 Å². The van der Waals surface area contributed by atoms with E-state index in [1.807, 2.05) is 6.92 Å². The number of hydrogen-bond donors (Lipinski definition) is 1. The number of amides is 2. The Morgan fingerprint density at radius 1 is 1.25 bits per heavy atom. The summed E-state index contributed by atoms with van der Waals surface area (Å²) in [5, 5.41) is 2.91. The zero-order valence-corrected chi connectivity index (χ0v) is 14.7. The Morgan fingerprint density at radius 2 is 2.04 bits per heavy atom. The fraction of sp³-hybridized carbons (Fsp3) is 0.474. The van der Waals surface area contributed by atoms with E-state index < -0.39 is 0 Å². The topological polar surface area (TPSA) is 58.6 Å². The largest absolute Gasteiger partial charge is 0.492 e. The fourth-order valence-corrected chi connectivity index (χ4v) is 2.76. The van der Waals surface area contributed by atoms with E-state index in [0.717, 1.165) is 19.3 Å². The van der Waals surface area contributed by atoms with E-state index in [2.05, 4.69) is 11.4 Å². The number of benzene rings is 1. The van der Waals surface area contributed by atoms with Crippen molar-refractivity contribution >= 4 is 17.5 Å². The lowest BCUT2D eigenvalue weighted by atomic mass is 9.97. The molecule has 1 N–H and O–H groups in total. The van der Waals surface area contributed by atoms with Crippen molar-refractivity contribution in [1.29, 1.82) is 0 Å². The summed E-state index contributed by atoms with van der Waals surface area (Å²) in [4.78, 5) is 25.9. The van der Waals surface area contributed by atoms with Gasteiger partial charge in [0.05, 0.1) is 12.3 Å². The van der Waals surface area contributed by atoms with Crippen molar-refractivity contribution < 1.29 is 14.3 Å². The first-order chi connectivity index (χ1) is 11.5. The molecule has 1 aromatic carbocycles. The van der Waals surface area contributed by atoms with Gasteiger partial charge < -0.3 is 15.0 Å². The van der Waals surface area contributed by atoms with E-state index in [4.69, 9.17) is 4.74 Å². The average Bonchev–Trinajstić information content (AvgIpc) is 2.56. The molecular weight excluding hydrogens is 304 g/mol. The fourth-order valence-electron chi connectivity index (χ4n) is 2.76. The first kappa shape index (κ1) is 18.0. The molecule has 1 aliphatic rings. The summed E-state index contributed by atoms with van der Waals surface area (Å²) in [7, 11) is 3.41. The van der Waals surface area contributed by atoms with Crippen LogP contribution in [-0.2, 0) is 4.79 Å². The predicted molar refractivity (Wildman–Crippen MR) is 95.4 cm³/mol. The number of nitrogens with one attached hydrogen (secondary N) is 1. The van der Waals surface area contributed by atoms with E-state index in [9.17, 15) is 9.59 Å². The van der Waals surface area contributed by atoms with E-state index in [1.165, 1.54) is 16.9 Å². The predicted octanol–water partition coefficient (Wildman–Crippen LogP) is 3.62. The summed E-state index contributed by atoms with van der Waals surface area (Å²) in [5.74, 6) is 0.383. The van der Waals surface area contributed by atoms with Crippen LogP contribution in [0.3, 0.4) is 0 Å². The molecule has 0 saturated heterocycles. The van der Waals surface area contributed by atoms with Crippen molar-refractivity contribution in [2.24, 2.45) is 0 Å². The van der Waals surface area contributed by atoms with E-state index >= 15 is 0 Å². The molecule has 0 aliphatic heterocycles. The number of carbonyl (C=O) groups excluding carboxylic acids is 2. The standard InChI is InChI=1S/C19H26N2O3/c1-4-24-17-13-15(19(23)21(2)3)10-11-16(17)20-18(22)12-14-8-6-5-7-9-14/h8,10-11,13H,4-7,9,12H2,1-3H3,(H,20,22). The van der Waals surface area contributed by atoms with Crippen LogP contribution in [0.1, 0.15) is 49.4 Å². The van der Waals surface area contributed by atoms with Gasteiger partial charge in [0.15, 0.2) is 0 Å². The molecule has 0 heterocycles. The van der Waals surface area contributed by atoms with E-state index in [0.29, 0.717) is 30.0 Å². The molecule has 5 nitrogen and oxygen atoms in total. The Kier molecular flexibility index (Phi) is 6.41. The molecule has 130 valence electrons. The molecule has 0 spiro atoms. The summed E-state index contributed by atoms with van der Waals surface area (Å²) in [6.07, 6.45) is 7.02. The van der Waals surface area contributed by atoms with Gasteiger partial charge in [0.2, 0.25) is 5.91 Å². The second kappa shape index (κ2) is 8.52. The molecule has 2 amide bonds. The minimum Gasteiger partial charge on any atom is -0.492 e. The van der Waals surface area contributed by atoms with Crippen LogP contribution < -0.4 is 10.1 Å². The maximum atomic E-state index is 12.3. The zero-order chi connectivity index (χ0) is 17.5. The number of anilines is 1. The van der Waals surface area contributed by atoms with Gasteiger partial charge in [0.25, 0.3) is 5.91 Å². The monoisotopic (exact) mass is 330 g/mol. The minimum absolute atomic E-state index is 0.0456. The molecule has 1 aliphatic carbocycles. The van der Waals surface area contributed by atoms with Gasteiger partial charge >= 0.3 is 0 Å². The van der Waals surface area contributed by atoms with Crippen LogP contribution in [0.25, 0.3) is 0 Å². The molecule has 0 unspecified atom stereocenters. The maximum Gasteiger partial charge on any atom is 0.253 e. The van der Waals surface area contributed by atoms with Gasteiger partial charge in [0.1, 0.15) is 5.75 Å². The molecule has 0 fully saturated rings. The van der Waals surface area contributed by atoms with Gasteiger partial charge in [0, 0.05) is 26.1 Å². The highest BCUT2D eigenvalue weighted by molar-refractivity contribution is 5.97. The van der Waals surface area contributed by atoms with Gasteiger partial charge in [-0.3, -0.25) is 9.59 Å². The van der Waals surface area contributed by atoms with Crippen molar-refractivity contribution in [2.45, 2.75) is 39.0 Å². The minimum atomic E-state index is -0.0961. The number of hydrogen-bond acceptors (Lipinski definition) is 3. The third-order valence-corrected chi connectivity index (χ3v) is 3.98. The summed E-state index contributed by atoms with van der Waals surface area (Å²) < 4.78 is 5.60. The van der Waals surface area contributed by atoms with Crippen molar-refractivity contribution in [3.63, 3.8) is 0 Å². The number of rotatable bonds is 6. The normalized spacial score (nSPS) is 13.9. The number of nitrogens with zero attached hydrogens (tertiary/aromatic N) is 1. The molecule has 0 aromatic heterocycles. The average molecular weight is 330 g/mol. The van der Waals surface area contributed by atoms with Crippen LogP contribution in [0.5, 0.6) is 5.75 Å². The van der Waals surface area contributed by atoms with Crippen LogP contribution in [-0.4, -0.2) is 37.4 Å². The SMILES string of the molecule is CCOc1cc(C(=O)N(C)C)ccc1NC(=O)CC1=CCCCC1. The number of carbonyl (C=O) groups is 2. The summed E-state index contributed by atoms with van der Waals surface area (Å²) in [5.41, 5.74) is 2.35. The number of allylic oxidation sites excluding steroid dienone is 1. The Hall–Kier alpha value is -2.30. The molecule has 0 radical (unpaired) electrons. The van der Waals surface area contributed by atoms with Crippen LogP contribution >= 0.6 is 0 Å². The Labute approximate surface area is 143 Å². The zero-order valence-electron chi connectivity index (χ0n) is 14.7. The molecule has 0 bridgehead atoms. The number of ether oxygens (including phenoxy) is 1. The second-order valence-electron chi connectivity index (χ2n) is 6.18. The van der Waals surface area contributed by atoms with Gasteiger partial charge in [-0.25, -0.2) is 0 Å². The van der Waals surface area contributed by atoms with Crippen molar-refractivity contribution in [3.8, 4) is 5.75 Å². The van der Waals surface area contributed by atoms with E-state index in [-0.39, 0.29) is 11.8 Å². The maximum absolute atomic E-state index is 12.3.